The summed E-state index contributed by atoms with van der Waals surface area (Å²) in [7, 11) is 1.52. The van der Waals surface area contributed by atoms with Gasteiger partial charge in [0.15, 0.2) is 0 Å². The number of nitrogens with zero attached hydrogens (tertiary/aromatic N) is 2. The summed E-state index contributed by atoms with van der Waals surface area (Å²) >= 11 is 0. The van der Waals surface area contributed by atoms with E-state index in [2.05, 4.69) is 4.98 Å². The number of morpholine rings is 1. The summed E-state index contributed by atoms with van der Waals surface area (Å²) in [5.74, 6) is 0.316. The largest absolute Gasteiger partial charge is 0.480 e. The first-order valence-electron chi connectivity index (χ1n) is 6.05. The van der Waals surface area contributed by atoms with Crippen molar-refractivity contribution in [1.29, 1.82) is 0 Å². The molecule has 0 unspecified atom stereocenters. The van der Waals surface area contributed by atoms with E-state index < -0.39 is 0 Å². The Morgan fingerprint density at radius 1 is 1.44 bits per heavy atom. The Morgan fingerprint density at radius 2 is 2.11 bits per heavy atom. The van der Waals surface area contributed by atoms with Crippen LogP contribution in [0.15, 0.2) is 18.3 Å². The lowest BCUT2D eigenvalue weighted by Gasteiger charge is -2.35. The molecule has 1 fully saturated rings. The van der Waals surface area contributed by atoms with Crippen LogP contribution >= 0.6 is 0 Å². The van der Waals surface area contributed by atoms with Crippen molar-refractivity contribution in [2.45, 2.75) is 26.1 Å². The highest BCUT2D eigenvalue weighted by Crippen LogP contribution is 2.19. The van der Waals surface area contributed by atoms with Crippen LogP contribution in [0, 0.1) is 0 Å². The molecule has 0 radical (unpaired) electrons. The van der Waals surface area contributed by atoms with Gasteiger partial charge in [0.25, 0.3) is 5.91 Å². The summed E-state index contributed by atoms with van der Waals surface area (Å²) in [5, 5.41) is 0. The summed E-state index contributed by atoms with van der Waals surface area (Å²) < 4.78 is 10.7. The number of amides is 1. The highest BCUT2D eigenvalue weighted by atomic mass is 16.5. The SMILES string of the molecule is COc1ncccc1C(=O)N1C[C@@H](C)O[C@@H](C)C1. The summed E-state index contributed by atoms with van der Waals surface area (Å²) in [6.07, 6.45) is 1.72. The van der Waals surface area contributed by atoms with Crippen LogP contribution in [-0.2, 0) is 4.74 Å². The zero-order valence-corrected chi connectivity index (χ0v) is 10.9. The molecule has 1 aliphatic heterocycles. The minimum atomic E-state index is -0.0537. The van der Waals surface area contributed by atoms with Gasteiger partial charge in [-0.1, -0.05) is 0 Å². The minimum Gasteiger partial charge on any atom is -0.480 e. The maximum Gasteiger partial charge on any atom is 0.259 e. The number of carbonyl (C=O) groups is 1. The van der Waals surface area contributed by atoms with Crippen LogP contribution in [-0.4, -0.2) is 48.2 Å². The van der Waals surface area contributed by atoms with Gasteiger partial charge in [-0.3, -0.25) is 4.79 Å². The third-order valence-corrected chi connectivity index (χ3v) is 2.90. The van der Waals surface area contributed by atoms with E-state index in [9.17, 15) is 4.79 Å². The average Bonchev–Trinajstić information content (AvgIpc) is 2.36. The van der Waals surface area contributed by atoms with Gasteiger partial charge in [-0.05, 0) is 26.0 Å². The molecule has 98 valence electrons. The van der Waals surface area contributed by atoms with E-state index in [1.165, 1.54) is 7.11 Å². The van der Waals surface area contributed by atoms with Gasteiger partial charge < -0.3 is 14.4 Å². The van der Waals surface area contributed by atoms with E-state index in [0.717, 1.165) is 0 Å². The number of hydrogen-bond acceptors (Lipinski definition) is 4. The number of rotatable bonds is 2. The van der Waals surface area contributed by atoms with Crippen LogP contribution in [0.1, 0.15) is 24.2 Å². The van der Waals surface area contributed by atoms with E-state index >= 15 is 0 Å². The summed E-state index contributed by atoms with van der Waals surface area (Å²) in [5.41, 5.74) is 0.501. The quantitative estimate of drug-likeness (QED) is 0.794. The lowest BCUT2D eigenvalue weighted by molar-refractivity contribution is -0.0586. The van der Waals surface area contributed by atoms with Gasteiger partial charge in [-0.25, -0.2) is 4.98 Å². The Labute approximate surface area is 107 Å². The molecule has 0 spiro atoms. The molecule has 5 heteroatoms. The van der Waals surface area contributed by atoms with Crippen molar-refractivity contribution >= 4 is 5.91 Å². The molecule has 1 saturated heterocycles. The topological polar surface area (TPSA) is 51.7 Å². The molecular weight excluding hydrogens is 232 g/mol. The highest BCUT2D eigenvalue weighted by molar-refractivity contribution is 5.96. The first kappa shape index (κ1) is 12.8. The third-order valence-electron chi connectivity index (χ3n) is 2.90. The van der Waals surface area contributed by atoms with Gasteiger partial charge >= 0.3 is 0 Å². The number of methoxy groups -OCH3 is 1. The molecule has 18 heavy (non-hydrogen) atoms. The van der Waals surface area contributed by atoms with Crippen molar-refractivity contribution < 1.29 is 14.3 Å². The first-order chi connectivity index (χ1) is 8.61. The Hall–Kier alpha value is -1.62. The van der Waals surface area contributed by atoms with Crippen LogP contribution in [0.2, 0.25) is 0 Å². The highest BCUT2D eigenvalue weighted by Gasteiger charge is 2.28. The molecule has 1 aromatic heterocycles. The molecule has 2 heterocycles. The van der Waals surface area contributed by atoms with Crippen molar-refractivity contribution in [1.82, 2.24) is 9.88 Å². The molecule has 2 atom stereocenters. The van der Waals surface area contributed by atoms with E-state index in [1.54, 1.807) is 23.2 Å². The third kappa shape index (κ3) is 2.61. The minimum absolute atomic E-state index is 0.0537. The monoisotopic (exact) mass is 250 g/mol. The van der Waals surface area contributed by atoms with E-state index in [4.69, 9.17) is 9.47 Å². The maximum absolute atomic E-state index is 12.4. The number of aromatic nitrogens is 1. The zero-order valence-electron chi connectivity index (χ0n) is 10.9. The van der Waals surface area contributed by atoms with Crippen LogP contribution in [0.4, 0.5) is 0 Å². The van der Waals surface area contributed by atoms with Gasteiger partial charge in [0.05, 0.1) is 19.3 Å². The molecule has 2 rings (SSSR count). The van der Waals surface area contributed by atoms with Crippen LogP contribution < -0.4 is 4.74 Å². The van der Waals surface area contributed by atoms with E-state index in [0.29, 0.717) is 24.5 Å². The molecule has 1 aromatic rings. The normalized spacial score (nSPS) is 23.8. The molecule has 0 aromatic carbocycles. The summed E-state index contributed by atoms with van der Waals surface area (Å²) in [6, 6.07) is 3.47. The van der Waals surface area contributed by atoms with Crippen LogP contribution in [0.3, 0.4) is 0 Å². The fourth-order valence-electron chi connectivity index (χ4n) is 2.23. The summed E-state index contributed by atoms with van der Waals surface area (Å²) in [4.78, 5) is 18.3. The predicted molar refractivity (Wildman–Crippen MR) is 66.7 cm³/mol. The lowest BCUT2D eigenvalue weighted by atomic mass is 10.2. The molecule has 5 nitrogen and oxygen atoms in total. The Morgan fingerprint density at radius 3 is 2.72 bits per heavy atom. The first-order valence-corrected chi connectivity index (χ1v) is 6.05. The fraction of sp³-hybridized carbons (Fsp3) is 0.538. The Bertz CT molecular complexity index is 426. The van der Waals surface area contributed by atoms with Gasteiger partial charge in [0.1, 0.15) is 5.56 Å². The molecular formula is C13H18N2O3. The average molecular weight is 250 g/mol. The van der Waals surface area contributed by atoms with E-state index in [-0.39, 0.29) is 18.1 Å². The van der Waals surface area contributed by atoms with Crippen molar-refractivity contribution in [2.24, 2.45) is 0 Å². The zero-order chi connectivity index (χ0) is 13.1. The van der Waals surface area contributed by atoms with Crippen molar-refractivity contribution in [3.8, 4) is 5.88 Å². The number of hydrogen-bond donors (Lipinski definition) is 0. The van der Waals surface area contributed by atoms with Gasteiger partial charge in [0.2, 0.25) is 5.88 Å². The second kappa shape index (κ2) is 5.35. The van der Waals surface area contributed by atoms with Crippen LogP contribution in [0.25, 0.3) is 0 Å². The Balaban J connectivity index is 2.20. The molecule has 0 N–H and O–H groups in total. The smallest absolute Gasteiger partial charge is 0.259 e. The van der Waals surface area contributed by atoms with Gasteiger partial charge in [-0.2, -0.15) is 0 Å². The standard InChI is InChI=1S/C13H18N2O3/c1-9-7-15(8-10(2)18-9)13(16)11-5-4-6-14-12(11)17-3/h4-6,9-10H,7-8H2,1-3H3/t9-,10+. The van der Waals surface area contributed by atoms with E-state index in [1.807, 2.05) is 13.8 Å². The van der Waals surface area contributed by atoms with Crippen molar-refractivity contribution in [2.75, 3.05) is 20.2 Å². The number of pyridine rings is 1. The fourth-order valence-corrected chi connectivity index (χ4v) is 2.23. The number of carbonyl (C=O) groups excluding carboxylic acids is 1. The number of ether oxygens (including phenoxy) is 2. The van der Waals surface area contributed by atoms with Crippen LogP contribution in [0.5, 0.6) is 5.88 Å². The summed E-state index contributed by atoms with van der Waals surface area (Å²) in [6.45, 7) is 5.13. The van der Waals surface area contributed by atoms with Crippen molar-refractivity contribution in [3.63, 3.8) is 0 Å². The van der Waals surface area contributed by atoms with Gasteiger partial charge in [-0.15, -0.1) is 0 Å². The predicted octanol–water partition coefficient (Wildman–Crippen LogP) is 1.34. The molecule has 1 aliphatic rings. The van der Waals surface area contributed by atoms with Gasteiger partial charge in [0, 0.05) is 19.3 Å². The lowest BCUT2D eigenvalue weighted by Crippen LogP contribution is -2.48. The maximum atomic E-state index is 12.4. The second-order valence-corrected chi connectivity index (χ2v) is 4.53. The molecule has 0 bridgehead atoms. The molecule has 1 amide bonds. The Kier molecular flexibility index (Phi) is 3.81. The molecule has 0 aliphatic carbocycles. The second-order valence-electron chi connectivity index (χ2n) is 4.53. The van der Waals surface area contributed by atoms with Crippen molar-refractivity contribution in [3.05, 3.63) is 23.9 Å². The molecule has 0 saturated carbocycles.